The van der Waals surface area contributed by atoms with E-state index < -0.39 is 0 Å². The molecule has 1 saturated heterocycles. The topological polar surface area (TPSA) is 3.24 Å². The molecule has 0 radical (unpaired) electrons. The number of nitrogens with zero attached hydrogens (tertiary/aromatic N) is 1. The summed E-state index contributed by atoms with van der Waals surface area (Å²) in [4.78, 5) is 2.38. The van der Waals surface area contributed by atoms with Gasteiger partial charge in [0.25, 0.3) is 1.45 Å². The molecule has 1 heterocycles. The predicted octanol–water partition coefficient (Wildman–Crippen LogP) is 4.31. The summed E-state index contributed by atoms with van der Waals surface area (Å²) in [6, 6.07) is 10.6. The van der Waals surface area contributed by atoms with Crippen LogP contribution in [0.1, 0.15) is 25.8 Å². The number of benzene rings is 1. The van der Waals surface area contributed by atoms with Gasteiger partial charge in [-0.2, -0.15) is 0 Å². The fraction of sp³-hybridized carbons (Fsp3) is 0.429. The van der Waals surface area contributed by atoms with Crippen LogP contribution in [0.3, 0.4) is 0 Å². The number of likely N-dealkylation sites (tertiary alicyclic amines) is 1. The third-order valence-electron chi connectivity index (χ3n) is 2.93. The lowest BCUT2D eigenvalue weighted by Gasteiger charge is -2.25. The normalized spacial score (nSPS) is 16.2. The van der Waals surface area contributed by atoms with Crippen molar-refractivity contribution in [3.8, 4) is 0 Å². The first-order valence-corrected chi connectivity index (χ1v) is 6.18. The van der Waals surface area contributed by atoms with Gasteiger partial charge >= 0.3 is 0 Å². The van der Waals surface area contributed by atoms with Crippen LogP contribution in [-0.4, -0.2) is 26.5 Å². The highest BCUT2D eigenvalue weighted by Gasteiger charge is 2.13. The van der Waals surface area contributed by atoms with E-state index in [2.05, 4.69) is 59.7 Å². The van der Waals surface area contributed by atoms with Crippen LogP contribution < -0.4 is 0 Å². The lowest BCUT2D eigenvalue weighted by molar-refractivity contribution is 0.313. The van der Waals surface area contributed by atoms with Crippen LogP contribution in [0.2, 0.25) is 0 Å². The Balaban J connectivity index is 0.000000917. The van der Waals surface area contributed by atoms with Crippen LogP contribution in [0.15, 0.2) is 35.9 Å². The molecule has 1 aliphatic heterocycles. The van der Waals surface area contributed by atoms with Crippen molar-refractivity contribution in [1.82, 2.24) is 4.90 Å². The van der Waals surface area contributed by atoms with Crippen molar-refractivity contribution in [2.45, 2.75) is 20.3 Å². The molecule has 0 aromatic heterocycles. The fourth-order valence-corrected chi connectivity index (χ4v) is 2.56. The Hall–Kier alpha value is -0.670. The van der Waals surface area contributed by atoms with Crippen molar-refractivity contribution in [3.05, 3.63) is 41.5 Å². The Morgan fingerprint density at radius 2 is 1.76 bits per heavy atom. The summed E-state index contributed by atoms with van der Waals surface area (Å²) in [7, 11) is 2.19. The van der Waals surface area contributed by atoms with Gasteiger partial charge in [0.05, 0.1) is 0 Å². The SMILES string of the molecule is C.CN1CCC(=C(Br)c2ccccc2)CC1.[3H]F. The van der Waals surface area contributed by atoms with Crippen LogP contribution in [-0.2, 0) is 0 Å². The largest absolute Gasteiger partial charge is 0.306 e. The van der Waals surface area contributed by atoms with Crippen molar-refractivity contribution in [2.24, 2.45) is 0 Å². The molecule has 1 nitrogen and oxygen atoms in total. The van der Waals surface area contributed by atoms with Crippen LogP contribution >= 0.6 is 15.9 Å². The maximum Gasteiger partial charge on any atom is 0.269 e. The average Bonchev–Trinajstić information content (AvgIpc) is 2.42. The van der Waals surface area contributed by atoms with E-state index in [1.807, 2.05) is 0 Å². The van der Waals surface area contributed by atoms with Gasteiger partial charge in [-0.3, -0.25) is 4.72 Å². The van der Waals surface area contributed by atoms with Crippen LogP contribution in [0, 0.1) is 0 Å². The molecule has 96 valence electrons. The lowest BCUT2D eigenvalue weighted by Crippen LogP contribution is -2.26. The molecule has 1 fully saturated rings. The Bertz CT molecular complexity index is 357. The summed E-state index contributed by atoms with van der Waals surface area (Å²) < 4.78 is 14.3. The van der Waals surface area contributed by atoms with E-state index in [1.54, 1.807) is 5.57 Å². The molecular formula is C14H21BrFN. The number of halogens is 2. The van der Waals surface area contributed by atoms with Gasteiger partial charge in [0.15, 0.2) is 0 Å². The lowest BCUT2D eigenvalue weighted by atomic mass is 10.0. The summed E-state index contributed by atoms with van der Waals surface area (Å²) in [5.74, 6) is 0. The molecule has 3 heteroatoms. The zero-order valence-electron chi connectivity index (χ0n) is 10.4. The first-order chi connectivity index (χ1) is 8.27. The second-order valence-corrected chi connectivity index (χ2v) is 4.88. The number of rotatable bonds is 1. The van der Waals surface area contributed by atoms with Gasteiger partial charge in [-0.15, -0.1) is 0 Å². The highest BCUT2D eigenvalue weighted by Crippen LogP contribution is 2.30. The fourth-order valence-electron chi connectivity index (χ4n) is 1.90. The van der Waals surface area contributed by atoms with E-state index in [0.29, 0.717) is 0 Å². The summed E-state index contributed by atoms with van der Waals surface area (Å²) >= 11 is 3.73. The van der Waals surface area contributed by atoms with Gasteiger partial charge in [0, 0.05) is 17.6 Å². The van der Waals surface area contributed by atoms with Gasteiger partial charge < -0.3 is 4.90 Å². The number of hydrogen-bond acceptors (Lipinski definition) is 1. The molecule has 1 aromatic carbocycles. The molecular weight excluding hydrogens is 281 g/mol. The van der Waals surface area contributed by atoms with E-state index in [9.17, 15) is 0 Å². The highest BCUT2D eigenvalue weighted by molar-refractivity contribution is 9.15. The second kappa shape index (κ2) is 7.62. The third-order valence-corrected chi connectivity index (χ3v) is 3.95. The minimum atomic E-state index is 0. The molecule has 0 spiro atoms. The minimum absolute atomic E-state index is 0. The molecule has 0 amide bonds. The first-order valence-electron chi connectivity index (χ1n) is 5.76. The molecule has 2 rings (SSSR count). The van der Waals surface area contributed by atoms with Crippen molar-refractivity contribution in [2.75, 3.05) is 20.1 Å². The molecule has 0 saturated carbocycles. The van der Waals surface area contributed by atoms with E-state index in [-0.39, 0.29) is 7.43 Å². The first kappa shape index (κ1) is 14.4. The molecule has 1 aromatic rings. The number of hydrogen-bond donors (Lipinski definition) is 0. The second-order valence-electron chi connectivity index (χ2n) is 4.09. The predicted molar refractivity (Wildman–Crippen MR) is 78.3 cm³/mol. The van der Waals surface area contributed by atoms with E-state index in [1.165, 1.54) is 36.0 Å². The Labute approximate surface area is 114 Å². The monoisotopic (exact) mass is 303 g/mol. The van der Waals surface area contributed by atoms with Crippen molar-refractivity contribution in [1.29, 1.82) is 1.45 Å². The zero-order chi connectivity index (χ0) is 12.7. The highest BCUT2D eigenvalue weighted by atomic mass is 79.9. The van der Waals surface area contributed by atoms with Crippen LogP contribution in [0.4, 0.5) is 4.72 Å². The summed E-state index contributed by atoms with van der Waals surface area (Å²) in [5.41, 5.74) is 2.86. The molecule has 1 aliphatic rings. The van der Waals surface area contributed by atoms with Gasteiger partial charge in [-0.05, 0) is 25.5 Å². The van der Waals surface area contributed by atoms with Crippen molar-refractivity contribution in [3.63, 3.8) is 0 Å². The standard InChI is InChI=1S/C13H16BrN.CH4.FH/c1-15-9-7-12(8-10-15)13(14)11-5-3-2-4-6-11;;/h2-6H,7-10H2,1H3;1H4;1H/i/hT. The molecule has 0 N–H and O–H groups in total. The Morgan fingerprint density at radius 3 is 2.29 bits per heavy atom. The van der Waals surface area contributed by atoms with E-state index in [4.69, 9.17) is 4.72 Å². The van der Waals surface area contributed by atoms with Crippen LogP contribution in [0.5, 0.6) is 0 Å². The molecule has 17 heavy (non-hydrogen) atoms. The van der Waals surface area contributed by atoms with Crippen molar-refractivity contribution < 1.29 is 4.72 Å². The van der Waals surface area contributed by atoms with Gasteiger partial charge in [0.1, 0.15) is 0 Å². The van der Waals surface area contributed by atoms with Gasteiger partial charge in [-0.25, -0.2) is 0 Å². The van der Waals surface area contributed by atoms with E-state index in [0.717, 1.165) is 0 Å². The quantitative estimate of drug-likeness (QED) is 0.747. The third kappa shape index (κ3) is 4.25. The molecule has 0 unspecified atom stereocenters. The van der Waals surface area contributed by atoms with Gasteiger partial charge in [-0.1, -0.05) is 59.3 Å². The summed E-state index contributed by atoms with van der Waals surface area (Å²) in [6.45, 7) is 2.36. The maximum atomic E-state index is 8.75. The summed E-state index contributed by atoms with van der Waals surface area (Å²) in [5, 5.41) is 0. The average molecular weight is 304 g/mol. The number of piperidine rings is 1. The van der Waals surface area contributed by atoms with E-state index >= 15 is 0 Å². The minimum Gasteiger partial charge on any atom is -0.306 e. The smallest absolute Gasteiger partial charge is 0.269 e. The molecule has 0 bridgehead atoms. The summed E-state index contributed by atoms with van der Waals surface area (Å²) in [6.07, 6.45) is 2.37. The van der Waals surface area contributed by atoms with Crippen LogP contribution in [0.25, 0.3) is 4.48 Å². The Morgan fingerprint density at radius 1 is 1.24 bits per heavy atom. The maximum absolute atomic E-state index is 8.75. The molecule has 0 atom stereocenters. The van der Waals surface area contributed by atoms with Crippen molar-refractivity contribution >= 4 is 20.4 Å². The molecule has 0 aliphatic carbocycles. The Kier molecular flexibility index (Phi) is 6.45. The van der Waals surface area contributed by atoms with Gasteiger partial charge in [0.2, 0.25) is 0 Å². The zero-order valence-corrected chi connectivity index (χ0v) is 11.0.